The van der Waals surface area contributed by atoms with E-state index in [0.717, 1.165) is 5.56 Å². The SMILES string of the molecule is COC(=O)C1CN(C(=O)/C=C/c2ccc(Cl)cc2)CC1C. The van der Waals surface area contributed by atoms with Gasteiger partial charge in [0.1, 0.15) is 0 Å². The predicted molar refractivity (Wildman–Crippen MR) is 81.7 cm³/mol. The number of rotatable bonds is 3. The number of nitrogens with zero attached hydrogens (tertiary/aromatic N) is 1. The van der Waals surface area contributed by atoms with Crippen molar-refractivity contribution < 1.29 is 14.3 Å². The lowest BCUT2D eigenvalue weighted by atomic mass is 9.99. The monoisotopic (exact) mass is 307 g/mol. The van der Waals surface area contributed by atoms with Crippen LogP contribution in [0.4, 0.5) is 0 Å². The van der Waals surface area contributed by atoms with Crippen LogP contribution < -0.4 is 0 Å². The maximum absolute atomic E-state index is 12.1. The summed E-state index contributed by atoms with van der Waals surface area (Å²) in [6.07, 6.45) is 3.27. The predicted octanol–water partition coefficient (Wildman–Crippen LogP) is 2.62. The van der Waals surface area contributed by atoms with E-state index in [1.54, 1.807) is 23.1 Å². The van der Waals surface area contributed by atoms with Gasteiger partial charge >= 0.3 is 5.97 Å². The third kappa shape index (κ3) is 3.85. The number of amides is 1. The van der Waals surface area contributed by atoms with Crippen LogP contribution in [-0.4, -0.2) is 37.0 Å². The first-order valence-corrected chi connectivity index (χ1v) is 7.19. The van der Waals surface area contributed by atoms with Crippen molar-refractivity contribution >= 4 is 29.6 Å². The van der Waals surface area contributed by atoms with Crippen LogP contribution in [0.1, 0.15) is 12.5 Å². The van der Waals surface area contributed by atoms with Gasteiger partial charge in [0, 0.05) is 24.2 Å². The van der Waals surface area contributed by atoms with Crippen LogP contribution in [0.2, 0.25) is 5.02 Å². The van der Waals surface area contributed by atoms with Gasteiger partial charge in [0.05, 0.1) is 13.0 Å². The third-order valence-corrected chi connectivity index (χ3v) is 3.97. The van der Waals surface area contributed by atoms with Gasteiger partial charge in [-0.05, 0) is 29.7 Å². The first-order chi connectivity index (χ1) is 10.0. The Kier molecular flexibility index (Phi) is 5.02. The van der Waals surface area contributed by atoms with Gasteiger partial charge < -0.3 is 9.64 Å². The molecule has 21 heavy (non-hydrogen) atoms. The number of hydrogen-bond donors (Lipinski definition) is 0. The average molecular weight is 308 g/mol. The quantitative estimate of drug-likeness (QED) is 0.637. The van der Waals surface area contributed by atoms with Crippen molar-refractivity contribution in [3.8, 4) is 0 Å². The summed E-state index contributed by atoms with van der Waals surface area (Å²) in [7, 11) is 1.37. The zero-order valence-electron chi connectivity index (χ0n) is 12.1. The molecule has 0 aliphatic carbocycles. The van der Waals surface area contributed by atoms with Gasteiger partial charge in [-0.2, -0.15) is 0 Å². The van der Waals surface area contributed by atoms with E-state index in [9.17, 15) is 9.59 Å². The van der Waals surface area contributed by atoms with Gasteiger partial charge in [-0.25, -0.2) is 0 Å². The van der Waals surface area contributed by atoms with Crippen molar-refractivity contribution in [2.24, 2.45) is 11.8 Å². The summed E-state index contributed by atoms with van der Waals surface area (Å²) in [5, 5.41) is 0.660. The number of carbonyl (C=O) groups excluding carboxylic acids is 2. The molecule has 0 N–H and O–H groups in total. The Morgan fingerprint density at radius 1 is 1.29 bits per heavy atom. The minimum Gasteiger partial charge on any atom is -0.469 e. The molecule has 4 nitrogen and oxygen atoms in total. The molecule has 0 saturated carbocycles. The topological polar surface area (TPSA) is 46.6 Å². The van der Waals surface area contributed by atoms with E-state index >= 15 is 0 Å². The lowest BCUT2D eigenvalue weighted by Crippen LogP contribution is -2.28. The highest BCUT2D eigenvalue weighted by atomic mass is 35.5. The number of benzene rings is 1. The summed E-state index contributed by atoms with van der Waals surface area (Å²) < 4.78 is 4.77. The molecule has 2 unspecified atom stereocenters. The lowest BCUT2D eigenvalue weighted by Gasteiger charge is -2.13. The highest BCUT2D eigenvalue weighted by Gasteiger charge is 2.36. The highest BCUT2D eigenvalue weighted by molar-refractivity contribution is 6.30. The minimum absolute atomic E-state index is 0.0943. The number of ether oxygens (including phenoxy) is 1. The normalized spacial score (nSPS) is 21.8. The number of esters is 1. The molecule has 2 atom stereocenters. The van der Waals surface area contributed by atoms with Gasteiger partial charge in [-0.15, -0.1) is 0 Å². The van der Waals surface area contributed by atoms with Crippen molar-refractivity contribution in [2.45, 2.75) is 6.92 Å². The largest absolute Gasteiger partial charge is 0.469 e. The Bertz CT molecular complexity index is 553. The Labute approximate surface area is 129 Å². The van der Waals surface area contributed by atoms with Gasteiger partial charge in [0.25, 0.3) is 0 Å². The van der Waals surface area contributed by atoms with E-state index in [1.807, 2.05) is 19.1 Å². The Morgan fingerprint density at radius 3 is 2.57 bits per heavy atom. The number of likely N-dealkylation sites (tertiary alicyclic amines) is 1. The standard InChI is InChI=1S/C16H18ClNO3/c1-11-9-18(10-14(11)16(20)21-2)15(19)8-5-12-3-6-13(17)7-4-12/h3-8,11,14H,9-10H2,1-2H3/b8-5+. The number of carbonyl (C=O) groups is 2. The molecule has 0 radical (unpaired) electrons. The Balaban J connectivity index is 1.98. The van der Waals surface area contributed by atoms with Crippen molar-refractivity contribution in [2.75, 3.05) is 20.2 Å². The van der Waals surface area contributed by atoms with E-state index < -0.39 is 0 Å². The molecule has 1 amide bonds. The van der Waals surface area contributed by atoms with Crippen molar-refractivity contribution in [1.29, 1.82) is 0 Å². The molecular formula is C16H18ClNO3. The molecular weight excluding hydrogens is 290 g/mol. The molecule has 1 saturated heterocycles. The maximum Gasteiger partial charge on any atom is 0.310 e. The van der Waals surface area contributed by atoms with Crippen LogP contribution >= 0.6 is 11.6 Å². The van der Waals surface area contributed by atoms with E-state index in [0.29, 0.717) is 18.1 Å². The Hall–Kier alpha value is -1.81. The molecule has 5 heteroatoms. The first kappa shape index (κ1) is 15.6. The molecule has 0 aromatic heterocycles. The van der Waals surface area contributed by atoms with Crippen LogP contribution in [-0.2, 0) is 14.3 Å². The second-order valence-electron chi connectivity index (χ2n) is 5.24. The second-order valence-corrected chi connectivity index (χ2v) is 5.67. The molecule has 2 rings (SSSR count). The zero-order chi connectivity index (χ0) is 15.4. The summed E-state index contributed by atoms with van der Waals surface area (Å²) in [4.78, 5) is 25.4. The van der Waals surface area contributed by atoms with Gasteiger partial charge in [-0.3, -0.25) is 9.59 Å². The highest BCUT2D eigenvalue weighted by Crippen LogP contribution is 2.24. The molecule has 112 valence electrons. The summed E-state index contributed by atoms with van der Waals surface area (Å²) in [5.74, 6) is -0.462. The Morgan fingerprint density at radius 2 is 1.95 bits per heavy atom. The smallest absolute Gasteiger partial charge is 0.310 e. The van der Waals surface area contributed by atoms with E-state index in [4.69, 9.17) is 16.3 Å². The molecule has 1 aliphatic rings. The number of halogens is 1. The number of hydrogen-bond acceptors (Lipinski definition) is 3. The third-order valence-electron chi connectivity index (χ3n) is 3.72. The van der Waals surface area contributed by atoms with Crippen LogP contribution in [0.3, 0.4) is 0 Å². The zero-order valence-corrected chi connectivity index (χ0v) is 12.8. The number of methoxy groups -OCH3 is 1. The molecule has 0 bridgehead atoms. The van der Waals surface area contributed by atoms with E-state index in [-0.39, 0.29) is 23.7 Å². The van der Waals surface area contributed by atoms with Crippen molar-refractivity contribution in [3.05, 3.63) is 40.9 Å². The first-order valence-electron chi connectivity index (χ1n) is 6.81. The van der Waals surface area contributed by atoms with Gasteiger partial charge in [0.2, 0.25) is 5.91 Å². The molecule has 1 heterocycles. The van der Waals surface area contributed by atoms with Crippen LogP contribution in [0.5, 0.6) is 0 Å². The maximum atomic E-state index is 12.1. The average Bonchev–Trinajstić information content (AvgIpc) is 2.87. The van der Waals surface area contributed by atoms with Crippen LogP contribution in [0.15, 0.2) is 30.3 Å². The van der Waals surface area contributed by atoms with Gasteiger partial charge in [-0.1, -0.05) is 30.7 Å². The summed E-state index contributed by atoms with van der Waals surface area (Å²) in [5.41, 5.74) is 0.907. The lowest BCUT2D eigenvalue weighted by molar-refractivity contribution is -0.146. The summed E-state index contributed by atoms with van der Waals surface area (Å²) >= 11 is 5.81. The van der Waals surface area contributed by atoms with Crippen LogP contribution in [0.25, 0.3) is 6.08 Å². The second kappa shape index (κ2) is 6.76. The van der Waals surface area contributed by atoms with Gasteiger partial charge in [0.15, 0.2) is 0 Å². The summed E-state index contributed by atoms with van der Waals surface area (Å²) in [6, 6.07) is 7.24. The van der Waals surface area contributed by atoms with Crippen LogP contribution in [0, 0.1) is 11.8 Å². The van der Waals surface area contributed by atoms with Crippen molar-refractivity contribution in [1.82, 2.24) is 4.90 Å². The van der Waals surface area contributed by atoms with Crippen molar-refractivity contribution in [3.63, 3.8) is 0 Å². The molecule has 1 aromatic carbocycles. The molecule has 0 spiro atoms. The fraction of sp³-hybridized carbons (Fsp3) is 0.375. The molecule has 1 aliphatic heterocycles. The fourth-order valence-electron chi connectivity index (χ4n) is 2.45. The molecule has 1 aromatic rings. The van der Waals surface area contributed by atoms with E-state index in [1.165, 1.54) is 13.2 Å². The summed E-state index contributed by atoms with van der Waals surface area (Å²) in [6.45, 7) is 2.94. The minimum atomic E-state index is -0.250. The molecule has 1 fully saturated rings. The fourth-order valence-corrected chi connectivity index (χ4v) is 2.58. The van der Waals surface area contributed by atoms with E-state index in [2.05, 4.69) is 0 Å².